The molecule has 0 bridgehead atoms. The number of aromatic nitrogens is 2. The SMILES string of the molecule is Cc1cc(NC(=O)c2ccc(S(=O)(=O)NCCO)cc2N2CC[C@]3(C(F)F)C[C@@H]3C2)nc(N2CCC(F)(F)CC2)n1. The lowest BCUT2D eigenvalue weighted by atomic mass is 9.95. The molecule has 1 aromatic carbocycles. The molecule has 3 N–H and O–H groups in total. The number of nitrogens with one attached hydrogen (secondary N) is 2. The molecule has 0 unspecified atom stereocenters. The van der Waals surface area contributed by atoms with Crippen LogP contribution in [0, 0.1) is 18.3 Å². The van der Waals surface area contributed by atoms with Gasteiger partial charge in [0.15, 0.2) is 0 Å². The highest BCUT2D eigenvalue weighted by Gasteiger charge is 2.62. The van der Waals surface area contributed by atoms with Gasteiger partial charge in [-0.2, -0.15) is 4.98 Å². The first-order valence-electron chi connectivity index (χ1n) is 13.4. The zero-order valence-corrected chi connectivity index (χ0v) is 23.2. The average molecular weight is 601 g/mol. The molecule has 2 saturated heterocycles. The third-order valence-electron chi connectivity index (χ3n) is 8.13. The molecule has 3 heterocycles. The number of anilines is 3. The number of aliphatic hydroxyl groups is 1. The predicted molar refractivity (Wildman–Crippen MR) is 143 cm³/mol. The molecular weight excluding hydrogens is 568 g/mol. The molecule has 2 atom stereocenters. The van der Waals surface area contributed by atoms with Crippen molar-refractivity contribution < 1.29 is 35.9 Å². The topological polar surface area (TPSA) is 128 Å². The summed E-state index contributed by atoms with van der Waals surface area (Å²) in [6.45, 7) is 1.65. The molecule has 1 aliphatic carbocycles. The molecule has 1 aromatic heterocycles. The molecule has 0 radical (unpaired) electrons. The number of piperidine rings is 2. The summed E-state index contributed by atoms with van der Waals surface area (Å²) >= 11 is 0. The number of aliphatic hydroxyl groups excluding tert-OH is 1. The maximum absolute atomic E-state index is 13.7. The van der Waals surface area contributed by atoms with Gasteiger partial charge in [0, 0.05) is 62.7 Å². The Balaban J connectivity index is 1.42. The molecular formula is C26H32F4N6O4S. The summed E-state index contributed by atoms with van der Waals surface area (Å²) in [6.07, 6.45) is -2.54. The fourth-order valence-electron chi connectivity index (χ4n) is 5.62. The van der Waals surface area contributed by atoms with Crippen molar-refractivity contribution >= 4 is 33.4 Å². The summed E-state index contributed by atoms with van der Waals surface area (Å²) in [5, 5.41) is 11.7. The Kier molecular flexibility index (Phi) is 7.89. The Labute approximate surface area is 235 Å². The standard InChI is InChI=1S/C26H32F4N6O4S/c1-16-12-21(34-24(32-16)35-9-5-26(29,30)6-10-35)33-22(38)19-3-2-18(41(39,40)31-7-11-37)13-20(19)36-8-4-25(23(27)28)14-17(25)15-36/h2-3,12-13,17,23,31,37H,4-11,14-15H2,1H3,(H,32,33,34,38)/t17-,25+/m1/s1. The second kappa shape index (κ2) is 11.0. The first-order chi connectivity index (χ1) is 19.3. The molecule has 5 rings (SSSR count). The number of amides is 1. The Morgan fingerprint density at radius 2 is 1.83 bits per heavy atom. The first-order valence-corrected chi connectivity index (χ1v) is 14.9. The van der Waals surface area contributed by atoms with Crippen molar-refractivity contribution in [3.05, 3.63) is 35.5 Å². The highest BCUT2D eigenvalue weighted by molar-refractivity contribution is 7.89. The van der Waals surface area contributed by atoms with Crippen molar-refractivity contribution in [2.24, 2.45) is 11.3 Å². The van der Waals surface area contributed by atoms with Crippen LogP contribution in [0.15, 0.2) is 29.2 Å². The number of carbonyl (C=O) groups is 1. The summed E-state index contributed by atoms with van der Waals surface area (Å²) in [5.41, 5.74) is -0.133. The molecule has 1 saturated carbocycles. The van der Waals surface area contributed by atoms with Crippen LogP contribution in [0.2, 0.25) is 0 Å². The van der Waals surface area contributed by atoms with E-state index in [0.717, 1.165) is 0 Å². The van der Waals surface area contributed by atoms with Gasteiger partial charge in [0.1, 0.15) is 5.82 Å². The molecule has 1 amide bonds. The van der Waals surface area contributed by atoms with Crippen LogP contribution >= 0.6 is 0 Å². The van der Waals surface area contributed by atoms with E-state index in [0.29, 0.717) is 12.1 Å². The molecule has 15 heteroatoms. The molecule has 3 aliphatic rings. The second-order valence-corrected chi connectivity index (χ2v) is 12.7. The number of hydrogen-bond acceptors (Lipinski definition) is 8. The van der Waals surface area contributed by atoms with Crippen molar-refractivity contribution in [1.82, 2.24) is 14.7 Å². The van der Waals surface area contributed by atoms with Crippen molar-refractivity contribution in [3.63, 3.8) is 0 Å². The Hall–Kier alpha value is -3.04. The minimum Gasteiger partial charge on any atom is -0.395 e. The van der Waals surface area contributed by atoms with Crippen LogP contribution in [0.1, 0.15) is 41.7 Å². The number of sulfonamides is 1. The van der Waals surface area contributed by atoms with Gasteiger partial charge in [0.05, 0.1) is 22.8 Å². The van der Waals surface area contributed by atoms with E-state index in [9.17, 15) is 30.8 Å². The summed E-state index contributed by atoms with van der Waals surface area (Å²) in [4.78, 5) is 25.5. The minimum absolute atomic E-state index is 0.0600. The number of aryl methyl sites for hydroxylation is 1. The normalized spacial score (nSPS) is 23.8. The van der Waals surface area contributed by atoms with Crippen LogP contribution in [0.3, 0.4) is 0 Å². The summed E-state index contributed by atoms with van der Waals surface area (Å²) in [7, 11) is -4.01. The van der Waals surface area contributed by atoms with Gasteiger partial charge in [-0.05, 0) is 43.9 Å². The van der Waals surface area contributed by atoms with Crippen LogP contribution in [-0.2, 0) is 10.0 Å². The lowest BCUT2D eigenvalue weighted by molar-refractivity contribution is -0.0222. The predicted octanol–water partition coefficient (Wildman–Crippen LogP) is 3.02. The zero-order chi connectivity index (χ0) is 29.6. The molecule has 0 spiro atoms. The third-order valence-corrected chi connectivity index (χ3v) is 9.59. The van der Waals surface area contributed by atoms with Gasteiger partial charge in [-0.3, -0.25) is 4.79 Å². The Morgan fingerprint density at radius 3 is 2.49 bits per heavy atom. The largest absolute Gasteiger partial charge is 0.395 e. The van der Waals surface area contributed by atoms with Crippen molar-refractivity contribution in [3.8, 4) is 0 Å². The van der Waals surface area contributed by atoms with Gasteiger partial charge < -0.3 is 20.2 Å². The number of hydrogen-bond donors (Lipinski definition) is 3. The van der Waals surface area contributed by atoms with E-state index < -0.39 is 40.3 Å². The fraction of sp³-hybridized carbons (Fsp3) is 0.577. The highest BCUT2D eigenvalue weighted by atomic mass is 32.2. The molecule has 224 valence electrons. The van der Waals surface area contributed by atoms with E-state index in [1.165, 1.54) is 24.3 Å². The maximum Gasteiger partial charge on any atom is 0.258 e. The number of benzene rings is 1. The summed E-state index contributed by atoms with van der Waals surface area (Å²) < 4.78 is 82.4. The third kappa shape index (κ3) is 6.11. The maximum atomic E-state index is 13.7. The fourth-order valence-corrected chi connectivity index (χ4v) is 6.66. The Morgan fingerprint density at radius 1 is 1.12 bits per heavy atom. The number of alkyl halides is 4. The van der Waals surface area contributed by atoms with E-state index in [1.807, 2.05) is 0 Å². The van der Waals surface area contributed by atoms with E-state index in [4.69, 9.17) is 5.11 Å². The highest BCUT2D eigenvalue weighted by Crippen LogP contribution is 2.61. The van der Waals surface area contributed by atoms with Gasteiger partial charge in [0.2, 0.25) is 22.4 Å². The number of fused-ring (bicyclic) bond motifs is 1. The van der Waals surface area contributed by atoms with Crippen molar-refractivity contribution in [2.45, 2.75) is 49.9 Å². The van der Waals surface area contributed by atoms with Crippen LogP contribution in [0.5, 0.6) is 0 Å². The molecule has 2 aromatic rings. The van der Waals surface area contributed by atoms with E-state index in [1.54, 1.807) is 16.7 Å². The smallest absolute Gasteiger partial charge is 0.258 e. The van der Waals surface area contributed by atoms with E-state index in [-0.39, 0.29) is 85.8 Å². The first kappa shape index (κ1) is 29.5. The van der Waals surface area contributed by atoms with Gasteiger partial charge in [-0.1, -0.05) is 0 Å². The second-order valence-electron chi connectivity index (χ2n) is 10.9. The van der Waals surface area contributed by atoms with Gasteiger partial charge >= 0.3 is 0 Å². The number of halogens is 4. The zero-order valence-electron chi connectivity index (χ0n) is 22.4. The lowest BCUT2D eigenvalue weighted by Gasteiger charge is -2.34. The van der Waals surface area contributed by atoms with Gasteiger partial charge in [-0.25, -0.2) is 35.7 Å². The number of nitrogens with zero attached hydrogens (tertiary/aromatic N) is 4. The summed E-state index contributed by atoms with van der Waals surface area (Å²) in [5.74, 6) is -3.28. The molecule has 2 aliphatic heterocycles. The van der Waals surface area contributed by atoms with Crippen molar-refractivity contribution in [1.29, 1.82) is 0 Å². The van der Waals surface area contributed by atoms with Crippen LogP contribution in [-0.4, -0.2) is 81.1 Å². The minimum atomic E-state index is -4.01. The molecule has 41 heavy (non-hydrogen) atoms. The average Bonchev–Trinajstić information content (AvgIpc) is 3.67. The van der Waals surface area contributed by atoms with Gasteiger partial charge in [-0.15, -0.1) is 0 Å². The van der Waals surface area contributed by atoms with Gasteiger partial charge in [0.25, 0.3) is 11.8 Å². The monoisotopic (exact) mass is 600 g/mol. The van der Waals surface area contributed by atoms with Crippen LogP contribution in [0.4, 0.5) is 35.0 Å². The number of rotatable bonds is 9. The van der Waals surface area contributed by atoms with Crippen molar-refractivity contribution in [2.75, 3.05) is 54.4 Å². The van der Waals surface area contributed by atoms with E-state index >= 15 is 0 Å². The lowest BCUT2D eigenvalue weighted by Crippen LogP contribution is -2.40. The van der Waals surface area contributed by atoms with Crippen LogP contribution < -0.4 is 19.8 Å². The molecule has 3 fully saturated rings. The van der Waals surface area contributed by atoms with Crippen LogP contribution in [0.25, 0.3) is 0 Å². The molecule has 10 nitrogen and oxygen atoms in total. The van der Waals surface area contributed by atoms with E-state index in [2.05, 4.69) is 20.0 Å². The quantitative estimate of drug-likeness (QED) is 0.375. The summed E-state index contributed by atoms with van der Waals surface area (Å²) in [6, 6.07) is 5.46. The number of carbonyl (C=O) groups excluding carboxylic acids is 1. The Bertz CT molecular complexity index is 1420.